The van der Waals surface area contributed by atoms with Gasteiger partial charge in [-0.15, -0.1) is 0 Å². The summed E-state index contributed by atoms with van der Waals surface area (Å²) in [5, 5.41) is 3.55. The molecule has 1 unspecified atom stereocenters. The van der Waals surface area contributed by atoms with Crippen LogP contribution in [0.1, 0.15) is 43.0 Å². The van der Waals surface area contributed by atoms with Gasteiger partial charge in [0, 0.05) is 31.7 Å². The van der Waals surface area contributed by atoms with E-state index in [4.69, 9.17) is 16.6 Å². The van der Waals surface area contributed by atoms with Crippen molar-refractivity contribution in [2.75, 3.05) is 18.4 Å². The van der Waals surface area contributed by atoms with Gasteiger partial charge in [0.15, 0.2) is 5.65 Å². The van der Waals surface area contributed by atoms with Crippen LogP contribution in [0.4, 0.5) is 10.5 Å². The minimum absolute atomic E-state index is 0.0820. The summed E-state index contributed by atoms with van der Waals surface area (Å²) in [5.74, 6) is 2.11. The van der Waals surface area contributed by atoms with E-state index in [9.17, 15) is 4.79 Å². The Balaban J connectivity index is 1.31. The molecule has 2 fully saturated rings. The van der Waals surface area contributed by atoms with E-state index in [1.54, 1.807) is 0 Å². The first kappa shape index (κ1) is 19.4. The molecule has 2 amide bonds. The fourth-order valence-electron chi connectivity index (χ4n) is 4.38. The highest BCUT2D eigenvalue weighted by atomic mass is 35.5. The lowest BCUT2D eigenvalue weighted by molar-refractivity contribution is 0.170. The number of pyridine rings is 1. The molecule has 7 heteroatoms. The summed E-state index contributed by atoms with van der Waals surface area (Å²) < 4.78 is 2.30. The van der Waals surface area contributed by atoms with Crippen LogP contribution in [0.5, 0.6) is 0 Å². The number of hydrogen-bond acceptors (Lipinski definition) is 3. The van der Waals surface area contributed by atoms with E-state index in [0.717, 1.165) is 55.0 Å². The van der Waals surface area contributed by atoms with Crippen molar-refractivity contribution in [3.05, 3.63) is 52.9 Å². The lowest BCUT2D eigenvalue weighted by Gasteiger charge is -2.33. The first-order chi connectivity index (χ1) is 14.6. The Morgan fingerprint density at radius 3 is 2.93 bits per heavy atom. The summed E-state index contributed by atoms with van der Waals surface area (Å²) in [6, 6.07) is 9.59. The van der Waals surface area contributed by atoms with Gasteiger partial charge in [-0.3, -0.25) is 0 Å². The predicted octanol–water partition coefficient (Wildman–Crippen LogP) is 5.21. The van der Waals surface area contributed by atoms with Crippen molar-refractivity contribution in [3.63, 3.8) is 0 Å². The number of carbonyl (C=O) groups is 1. The number of hydrogen-bond donors (Lipinski definition) is 1. The molecule has 0 bridgehead atoms. The van der Waals surface area contributed by atoms with Crippen LogP contribution in [0.3, 0.4) is 0 Å². The molecule has 2 aliphatic rings. The van der Waals surface area contributed by atoms with Crippen molar-refractivity contribution in [2.45, 2.75) is 45.1 Å². The van der Waals surface area contributed by atoms with E-state index in [2.05, 4.69) is 14.9 Å². The van der Waals surface area contributed by atoms with Gasteiger partial charge in [0.05, 0.1) is 10.7 Å². The summed E-state index contributed by atoms with van der Waals surface area (Å²) in [4.78, 5) is 24.2. The zero-order chi connectivity index (χ0) is 20.7. The molecule has 1 atom stereocenters. The topological polar surface area (TPSA) is 63.1 Å². The van der Waals surface area contributed by atoms with E-state index >= 15 is 0 Å². The fourth-order valence-corrected chi connectivity index (χ4v) is 4.66. The van der Waals surface area contributed by atoms with E-state index < -0.39 is 0 Å². The van der Waals surface area contributed by atoms with Crippen molar-refractivity contribution in [1.82, 2.24) is 19.4 Å². The molecule has 1 saturated carbocycles. The molecule has 156 valence electrons. The number of rotatable bonds is 4. The molecule has 1 aliphatic carbocycles. The first-order valence-electron chi connectivity index (χ1n) is 10.7. The molecule has 0 radical (unpaired) electrons. The fraction of sp³-hybridized carbons (Fsp3) is 0.435. The van der Waals surface area contributed by atoms with Gasteiger partial charge in [0.2, 0.25) is 0 Å². The van der Waals surface area contributed by atoms with Gasteiger partial charge in [-0.1, -0.05) is 17.7 Å². The number of aryl methyl sites for hydroxylation is 1. The van der Waals surface area contributed by atoms with Crippen molar-refractivity contribution in [1.29, 1.82) is 0 Å². The second-order valence-electron chi connectivity index (χ2n) is 8.57. The van der Waals surface area contributed by atoms with Gasteiger partial charge in [-0.05, 0) is 68.4 Å². The highest BCUT2D eigenvalue weighted by molar-refractivity contribution is 6.33. The molecule has 1 aliphatic heterocycles. The van der Waals surface area contributed by atoms with Crippen LogP contribution >= 0.6 is 11.6 Å². The van der Waals surface area contributed by atoms with Gasteiger partial charge in [-0.25, -0.2) is 14.8 Å². The first-order valence-corrected chi connectivity index (χ1v) is 11.1. The molecule has 1 N–H and O–H groups in total. The van der Waals surface area contributed by atoms with Crippen LogP contribution < -0.4 is 5.32 Å². The number of anilines is 1. The van der Waals surface area contributed by atoms with Gasteiger partial charge in [0.1, 0.15) is 11.3 Å². The molecule has 6 nitrogen and oxygen atoms in total. The number of imidazole rings is 1. The van der Waals surface area contributed by atoms with Crippen LogP contribution in [-0.2, 0) is 6.54 Å². The molecule has 5 rings (SSSR count). The lowest BCUT2D eigenvalue weighted by Crippen LogP contribution is -2.43. The van der Waals surface area contributed by atoms with E-state index in [-0.39, 0.29) is 6.03 Å². The zero-order valence-electron chi connectivity index (χ0n) is 17.1. The highest BCUT2D eigenvalue weighted by Crippen LogP contribution is 2.41. The Kier molecular flexibility index (Phi) is 5.11. The quantitative estimate of drug-likeness (QED) is 0.626. The summed E-state index contributed by atoms with van der Waals surface area (Å²) in [5.41, 5.74) is 3.67. The SMILES string of the molecule is Cc1ccc(NC(=O)N2CCCC(Cn3c(C4CC4)nc4cccnc43)C2)c(Cl)c1. The zero-order valence-corrected chi connectivity index (χ0v) is 17.9. The van der Waals surface area contributed by atoms with Crippen LogP contribution in [0, 0.1) is 12.8 Å². The summed E-state index contributed by atoms with van der Waals surface area (Å²) in [6.45, 7) is 4.34. The minimum atomic E-state index is -0.0820. The van der Waals surface area contributed by atoms with E-state index in [1.807, 2.05) is 48.4 Å². The summed E-state index contributed by atoms with van der Waals surface area (Å²) in [6.07, 6.45) is 6.35. The molecule has 2 aromatic heterocycles. The average Bonchev–Trinajstić information content (AvgIpc) is 3.53. The van der Waals surface area contributed by atoms with Crippen LogP contribution in [0.15, 0.2) is 36.5 Å². The molecular weight excluding hydrogens is 398 g/mol. The number of halogens is 1. The largest absolute Gasteiger partial charge is 0.324 e. The van der Waals surface area contributed by atoms with Crippen molar-refractivity contribution < 1.29 is 4.79 Å². The Hall–Kier alpha value is -2.60. The standard InChI is InChI=1S/C23H26ClN5O/c1-15-6-9-19(18(24)12-15)27-23(30)28-11-3-4-16(13-28)14-29-21(17-7-8-17)26-20-5-2-10-25-22(20)29/h2,5-6,9-10,12,16-17H,3-4,7-8,11,13-14H2,1H3,(H,27,30). The number of amides is 2. The Morgan fingerprint density at radius 1 is 1.27 bits per heavy atom. The smallest absolute Gasteiger partial charge is 0.321 e. The minimum Gasteiger partial charge on any atom is -0.324 e. The molecule has 0 spiro atoms. The maximum atomic E-state index is 12.9. The number of carbonyl (C=O) groups excluding carboxylic acids is 1. The second kappa shape index (κ2) is 7.91. The monoisotopic (exact) mass is 423 g/mol. The third-order valence-electron chi connectivity index (χ3n) is 6.09. The number of benzene rings is 1. The van der Waals surface area contributed by atoms with E-state index in [1.165, 1.54) is 12.8 Å². The molecular formula is C23H26ClN5O. The average molecular weight is 424 g/mol. The number of piperidine rings is 1. The van der Waals surface area contributed by atoms with Gasteiger partial charge >= 0.3 is 6.03 Å². The lowest BCUT2D eigenvalue weighted by atomic mass is 9.98. The van der Waals surface area contributed by atoms with E-state index in [0.29, 0.717) is 22.5 Å². The molecule has 3 heterocycles. The molecule has 1 aromatic carbocycles. The number of aromatic nitrogens is 3. The van der Waals surface area contributed by atoms with Crippen LogP contribution in [0.25, 0.3) is 11.2 Å². The van der Waals surface area contributed by atoms with Crippen molar-refractivity contribution >= 4 is 34.5 Å². The van der Waals surface area contributed by atoms with Gasteiger partial charge < -0.3 is 14.8 Å². The Labute approximate surface area is 181 Å². The maximum absolute atomic E-state index is 12.9. The number of likely N-dealkylation sites (tertiary alicyclic amines) is 1. The molecule has 1 saturated heterocycles. The number of nitrogens with one attached hydrogen (secondary N) is 1. The maximum Gasteiger partial charge on any atom is 0.321 e. The summed E-state index contributed by atoms with van der Waals surface area (Å²) in [7, 11) is 0. The van der Waals surface area contributed by atoms with Gasteiger partial charge in [0.25, 0.3) is 0 Å². The van der Waals surface area contributed by atoms with Crippen LogP contribution in [0.2, 0.25) is 5.02 Å². The van der Waals surface area contributed by atoms with Gasteiger partial charge in [-0.2, -0.15) is 0 Å². The highest BCUT2D eigenvalue weighted by Gasteiger charge is 2.32. The van der Waals surface area contributed by atoms with Crippen molar-refractivity contribution in [2.24, 2.45) is 5.92 Å². The number of urea groups is 1. The third-order valence-corrected chi connectivity index (χ3v) is 6.40. The Bertz CT molecular complexity index is 1090. The summed E-state index contributed by atoms with van der Waals surface area (Å²) >= 11 is 6.29. The number of nitrogens with zero attached hydrogens (tertiary/aromatic N) is 4. The third kappa shape index (κ3) is 3.88. The molecule has 30 heavy (non-hydrogen) atoms. The predicted molar refractivity (Wildman–Crippen MR) is 119 cm³/mol. The normalized spacial score (nSPS) is 19.3. The van der Waals surface area contributed by atoms with Crippen LogP contribution in [-0.4, -0.2) is 38.6 Å². The van der Waals surface area contributed by atoms with Crippen molar-refractivity contribution in [3.8, 4) is 0 Å². The molecule has 3 aromatic rings. The second-order valence-corrected chi connectivity index (χ2v) is 8.98. The Morgan fingerprint density at radius 2 is 2.13 bits per heavy atom. The number of fused-ring (bicyclic) bond motifs is 1.